The van der Waals surface area contributed by atoms with Crippen molar-refractivity contribution in [1.29, 1.82) is 5.41 Å². The second-order valence-corrected chi connectivity index (χ2v) is 7.98. The molecule has 0 atom stereocenters. The fraction of sp³-hybridized carbons (Fsp3) is 0.240. The van der Waals surface area contributed by atoms with Crippen LogP contribution in [0.15, 0.2) is 59.0 Å². The molecule has 0 amide bonds. The molecule has 2 aromatic carbocycles. The molecule has 1 N–H and O–H groups in total. The van der Waals surface area contributed by atoms with Gasteiger partial charge in [-0.1, -0.05) is 6.07 Å². The molecule has 4 aliphatic rings. The highest BCUT2D eigenvalue weighted by Crippen LogP contribution is 2.44. The van der Waals surface area contributed by atoms with Crippen LogP contribution in [0, 0.1) is 5.41 Å². The average molecular weight is 398 g/mol. The molecule has 5 nitrogen and oxygen atoms in total. The van der Waals surface area contributed by atoms with Crippen molar-refractivity contribution >= 4 is 16.7 Å². The standard InChI is InChI=1S/C25H22N2O3/c26-17-5-7-19-22(13-17)30-23-14-18(27-10-2-1-3-11-27)6-8-20(23)25(19)16-4-9-21-24(12-16)29-15-28-21/h4-9,12-14,26H,1-3,10-11,15H2. The van der Waals surface area contributed by atoms with Gasteiger partial charge in [-0.25, -0.2) is 0 Å². The van der Waals surface area contributed by atoms with Gasteiger partial charge < -0.3 is 24.2 Å². The molecule has 0 aromatic heterocycles. The Labute approximate surface area is 174 Å². The maximum Gasteiger partial charge on any atom is 0.231 e. The van der Waals surface area contributed by atoms with Gasteiger partial charge >= 0.3 is 0 Å². The number of ether oxygens (including phenoxy) is 2. The predicted octanol–water partition coefficient (Wildman–Crippen LogP) is 5.40. The Morgan fingerprint density at radius 2 is 1.67 bits per heavy atom. The molecule has 6 rings (SSSR count). The lowest BCUT2D eigenvalue weighted by Crippen LogP contribution is -2.29. The summed E-state index contributed by atoms with van der Waals surface area (Å²) in [6.45, 7) is 2.43. The second kappa shape index (κ2) is 6.80. The zero-order valence-electron chi connectivity index (χ0n) is 16.6. The number of nitrogens with one attached hydrogen (secondary N) is 1. The molecule has 0 spiro atoms. The van der Waals surface area contributed by atoms with E-state index in [1.54, 1.807) is 6.07 Å². The minimum absolute atomic E-state index is 0.256. The fourth-order valence-electron chi connectivity index (χ4n) is 4.59. The molecule has 0 saturated carbocycles. The van der Waals surface area contributed by atoms with E-state index in [4.69, 9.17) is 19.3 Å². The molecule has 0 unspecified atom stereocenters. The molecule has 1 saturated heterocycles. The zero-order chi connectivity index (χ0) is 20.1. The lowest BCUT2D eigenvalue weighted by molar-refractivity contribution is 0.174. The molecule has 1 aliphatic carbocycles. The second-order valence-electron chi connectivity index (χ2n) is 7.98. The van der Waals surface area contributed by atoms with Crippen LogP contribution in [0.25, 0.3) is 33.4 Å². The van der Waals surface area contributed by atoms with Crippen molar-refractivity contribution in [3.8, 4) is 33.9 Å². The third-order valence-corrected chi connectivity index (χ3v) is 6.09. The molecule has 0 radical (unpaired) electrons. The first-order valence-corrected chi connectivity index (χ1v) is 10.5. The van der Waals surface area contributed by atoms with Crippen LogP contribution in [-0.2, 0) is 0 Å². The van der Waals surface area contributed by atoms with E-state index in [1.165, 1.54) is 24.9 Å². The van der Waals surface area contributed by atoms with Crippen LogP contribution in [0.3, 0.4) is 0 Å². The van der Waals surface area contributed by atoms with Gasteiger partial charge in [0.05, 0.1) is 5.36 Å². The summed E-state index contributed by atoms with van der Waals surface area (Å²) >= 11 is 0. The van der Waals surface area contributed by atoms with Crippen LogP contribution in [0.2, 0.25) is 0 Å². The van der Waals surface area contributed by atoms with E-state index in [0.29, 0.717) is 5.36 Å². The van der Waals surface area contributed by atoms with Gasteiger partial charge in [0.1, 0.15) is 11.3 Å². The van der Waals surface area contributed by atoms with Crippen molar-refractivity contribution in [2.45, 2.75) is 19.3 Å². The molecule has 1 fully saturated rings. The first-order valence-electron chi connectivity index (χ1n) is 10.5. The molecule has 5 heteroatoms. The minimum Gasteiger partial charge on any atom is -0.456 e. The summed E-state index contributed by atoms with van der Waals surface area (Å²) in [7, 11) is 0. The quantitative estimate of drug-likeness (QED) is 0.459. The number of anilines is 1. The number of nitrogens with zero attached hydrogens (tertiary/aromatic N) is 1. The van der Waals surface area contributed by atoms with Gasteiger partial charge in [-0.15, -0.1) is 0 Å². The van der Waals surface area contributed by atoms with Crippen molar-refractivity contribution in [2.24, 2.45) is 0 Å². The number of hydrogen-bond donors (Lipinski definition) is 1. The number of benzene rings is 3. The van der Waals surface area contributed by atoms with E-state index in [1.807, 2.05) is 24.3 Å². The summed E-state index contributed by atoms with van der Waals surface area (Å²) in [5.74, 6) is 2.25. The highest BCUT2D eigenvalue weighted by atomic mass is 16.7. The molecular weight excluding hydrogens is 376 g/mol. The van der Waals surface area contributed by atoms with Crippen LogP contribution in [0.4, 0.5) is 5.69 Å². The van der Waals surface area contributed by atoms with Gasteiger partial charge in [-0.2, -0.15) is 0 Å². The van der Waals surface area contributed by atoms with Crippen molar-refractivity contribution < 1.29 is 13.9 Å². The van der Waals surface area contributed by atoms with Crippen molar-refractivity contribution in [3.05, 3.63) is 60.0 Å². The van der Waals surface area contributed by atoms with Gasteiger partial charge in [0, 0.05) is 47.4 Å². The highest BCUT2D eigenvalue weighted by Gasteiger charge is 2.21. The first-order chi connectivity index (χ1) is 14.8. The third kappa shape index (κ3) is 2.81. The molecule has 3 aliphatic heterocycles. The number of fused-ring (bicyclic) bond motifs is 3. The van der Waals surface area contributed by atoms with Crippen LogP contribution in [0.5, 0.6) is 11.5 Å². The summed E-state index contributed by atoms with van der Waals surface area (Å²) in [5, 5.41) is 9.55. The molecular formula is C25H22N2O3. The van der Waals surface area contributed by atoms with E-state index in [-0.39, 0.29) is 6.79 Å². The van der Waals surface area contributed by atoms with Gasteiger partial charge in [0.15, 0.2) is 11.5 Å². The van der Waals surface area contributed by atoms with Crippen molar-refractivity contribution in [3.63, 3.8) is 0 Å². The smallest absolute Gasteiger partial charge is 0.231 e. The fourth-order valence-corrected chi connectivity index (χ4v) is 4.59. The Hall–Kier alpha value is -3.47. The van der Waals surface area contributed by atoms with E-state index in [2.05, 4.69) is 29.2 Å². The maximum absolute atomic E-state index is 8.06. The minimum atomic E-state index is 0.256. The molecule has 30 heavy (non-hydrogen) atoms. The average Bonchev–Trinajstić information content (AvgIpc) is 3.25. The lowest BCUT2D eigenvalue weighted by atomic mass is 9.93. The van der Waals surface area contributed by atoms with Gasteiger partial charge in [-0.05, 0) is 61.2 Å². The molecule has 0 bridgehead atoms. The van der Waals surface area contributed by atoms with Gasteiger partial charge in [0.25, 0.3) is 0 Å². The largest absolute Gasteiger partial charge is 0.456 e. The Morgan fingerprint density at radius 1 is 0.800 bits per heavy atom. The molecule has 2 aromatic rings. The Bertz CT molecular complexity index is 1290. The molecule has 3 heterocycles. The normalized spacial score (nSPS) is 15.8. The number of piperidine rings is 1. The first kappa shape index (κ1) is 17.4. The van der Waals surface area contributed by atoms with Crippen molar-refractivity contribution in [1.82, 2.24) is 0 Å². The maximum atomic E-state index is 8.06. The Kier molecular flexibility index (Phi) is 3.94. The Balaban J connectivity index is 1.60. The van der Waals surface area contributed by atoms with E-state index in [9.17, 15) is 0 Å². The zero-order valence-corrected chi connectivity index (χ0v) is 16.6. The summed E-state index contributed by atoms with van der Waals surface area (Å²) in [6, 6.07) is 18.1. The van der Waals surface area contributed by atoms with Crippen LogP contribution in [0.1, 0.15) is 19.3 Å². The SMILES string of the molecule is N=c1ccc2c(-c3ccc4c(c3)OCO4)c3ccc(N4CCCCC4)cc3oc-2c1. The highest BCUT2D eigenvalue weighted by molar-refractivity contribution is 6.02. The Morgan fingerprint density at radius 3 is 2.57 bits per heavy atom. The number of hydrogen-bond acceptors (Lipinski definition) is 5. The van der Waals surface area contributed by atoms with Crippen LogP contribution < -0.4 is 19.7 Å². The number of rotatable bonds is 2. The summed E-state index contributed by atoms with van der Waals surface area (Å²) in [6.07, 6.45) is 3.77. The summed E-state index contributed by atoms with van der Waals surface area (Å²) < 4.78 is 17.4. The topological polar surface area (TPSA) is 58.7 Å². The van der Waals surface area contributed by atoms with E-state index < -0.39 is 0 Å². The predicted molar refractivity (Wildman–Crippen MR) is 116 cm³/mol. The van der Waals surface area contributed by atoms with Gasteiger partial charge in [-0.3, -0.25) is 0 Å². The van der Waals surface area contributed by atoms with Crippen LogP contribution >= 0.6 is 0 Å². The third-order valence-electron chi connectivity index (χ3n) is 6.09. The van der Waals surface area contributed by atoms with Crippen LogP contribution in [-0.4, -0.2) is 19.9 Å². The van der Waals surface area contributed by atoms with Crippen molar-refractivity contribution in [2.75, 3.05) is 24.8 Å². The van der Waals surface area contributed by atoms with E-state index >= 15 is 0 Å². The van der Waals surface area contributed by atoms with E-state index in [0.717, 1.165) is 58.0 Å². The summed E-state index contributed by atoms with van der Waals surface area (Å²) in [4.78, 5) is 2.43. The molecule has 150 valence electrons. The lowest BCUT2D eigenvalue weighted by Gasteiger charge is -2.29. The monoisotopic (exact) mass is 398 g/mol. The summed E-state index contributed by atoms with van der Waals surface area (Å²) in [5.41, 5.74) is 5.17. The van der Waals surface area contributed by atoms with Gasteiger partial charge in [0.2, 0.25) is 6.79 Å².